The maximum Gasteiger partial charge on any atom is 0.222 e. The van der Waals surface area contributed by atoms with Gasteiger partial charge in [0.1, 0.15) is 5.75 Å². The number of para-hydroxylation sites is 1. The van der Waals surface area contributed by atoms with Crippen LogP contribution >= 0.6 is 0 Å². The van der Waals surface area contributed by atoms with Gasteiger partial charge in [0.15, 0.2) is 0 Å². The van der Waals surface area contributed by atoms with Crippen LogP contribution in [0.25, 0.3) is 0 Å². The van der Waals surface area contributed by atoms with Crippen LogP contribution in [0.1, 0.15) is 16.8 Å². The number of hydrogen-bond acceptors (Lipinski definition) is 4. The van der Waals surface area contributed by atoms with Gasteiger partial charge in [-0.05, 0) is 20.0 Å². The van der Waals surface area contributed by atoms with E-state index in [0.717, 1.165) is 16.8 Å². The Balaban J connectivity index is 2.37. The summed E-state index contributed by atoms with van der Waals surface area (Å²) in [5, 5.41) is 16.8. The van der Waals surface area contributed by atoms with Crippen LogP contribution in [0.2, 0.25) is 0 Å². The molecule has 0 fully saturated rings. The molecule has 5 heteroatoms. The van der Waals surface area contributed by atoms with Crippen molar-refractivity contribution in [2.45, 2.75) is 20.1 Å². The van der Waals surface area contributed by atoms with E-state index in [1.807, 2.05) is 45.3 Å². The lowest BCUT2D eigenvalue weighted by molar-refractivity contribution is 0.275. The number of aliphatic hydroxyl groups excluding tert-OH is 1. The zero-order valence-electron chi connectivity index (χ0n) is 11.5. The minimum absolute atomic E-state index is 0.0473. The van der Waals surface area contributed by atoms with Crippen LogP contribution in [0, 0.1) is 6.92 Å². The van der Waals surface area contributed by atoms with Gasteiger partial charge in [0.2, 0.25) is 5.88 Å². The normalized spacial score (nSPS) is 10.7. The van der Waals surface area contributed by atoms with Gasteiger partial charge in [-0.15, -0.1) is 0 Å². The molecule has 0 aliphatic carbocycles. The molecule has 5 nitrogen and oxygen atoms in total. The van der Waals surface area contributed by atoms with Crippen molar-refractivity contribution in [2.24, 2.45) is 7.05 Å². The Kier molecular flexibility index (Phi) is 4.19. The summed E-state index contributed by atoms with van der Waals surface area (Å²) >= 11 is 0. The summed E-state index contributed by atoms with van der Waals surface area (Å²) in [6, 6.07) is 7.45. The zero-order valence-corrected chi connectivity index (χ0v) is 11.5. The molecule has 0 aliphatic rings. The first-order valence-corrected chi connectivity index (χ1v) is 6.21. The average Bonchev–Trinajstić information content (AvgIpc) is 2.67. The predicted molar refractivity (Wildman–Crippen MR) is 73.1 cm³/mol. The van der Waals surface area contributed by atoms with Gasteiger partial charge in [-0.25, -0.2) is 4.68 Å². The summed E-state index contributed by atoms with van der Waals surface area (Å²) in [4.78, 5) is 0. The Morgan fingerprint density at radius 1 is 1.37 bits per heavy atom. The number of benzene rings is 1. The highest BCUT2D eigenvalue weighted by Crippen LogP contribution is 2.29. The minimum Gasteiger partial charge on any atom is -0.439 e. The van der Waals surface area contributed by atoms with Crippen molar-refractivity contribution in [3.8, 4) is 11.6 Å². The van der Waals surface area contributed by atoms with Crippen LogP contribution in [0.3, 0.4) is 0 Å². The van der Waals surface area contributed by atoms with Gasteiger partial charge >= 0.3 is 0 Å². The molecule has 102 valence electrons. The third kappa shape index (κ3) is 2.77. The fourth-order valence-corrected chi connectivity index (χ4v) is 2.03. The van der Waals surface area contributed by atoms with Gasteiger partial charge in [-0.3, -0.25) is 0 Å². The largest absolute Gasteiger partial charge is 0.439 e. The Morgan fingerprint density at radius 3 is 2.79 bits per heavy atom. The van der Waals surface area contributed by atoms with Crippen LogP contribution in [0.15, 0.2) is 24.3 Å². The highest BCUT2D eigenvalue weighted by atomic mass is 16.5. The molecule has 0 saturated carbocycles. The van der Waals surface area contributed by atoms with E-state index >= 15 is 0 Å². The van der Waals surface area contributed by atoms with E-state index in [1.54, 1.807) is 4.68 Å². The molecule has 0 bridgehead atoms. The Hall–Kier alpha value is -1.85. The number of rotatable bonds is 5. The van der Waals surface area contributed by atoms with Crippen molar-refractivity contribution in [1.29, 1.82) is 0 Å². The molecule has 0 unspecified atom stereocenters. The summed E-state index contributed by atoms with van der Waals surface area (Å²) in [7, 11) is 3.74. The molecule has 0 spiro atoms. The SMILES string of the molecule is CNCc1c(C)nn(C)c1Oc1ccccc1CO. The number of hydrogen-bond donors (Lipinski definition) is 2. The summed E-state index contributed by atoms with van der Waals surface area (Å²) in [6.07, 6.45) is 0. The molecule has 0 radical (unpaired) electrons. The Bertz CT molecular complexity index is 564. The molecule has 1 aromatic carbocycles. The maximum absolute atomic E-state index is 9.33. The predicted octanol–water partition coefficient (Wildman–Crippen LogP) is 1.73. The molecule has 2 rings (SSSR count). The molecule has 1 heterocycles. The number of nitrogens with zero attached hydrogens (tertiary/aromatic N) is 2. The number of aryl methyl sites for hydroxylation is 2. The van der Waals surface area contributed by atoms with E-state index in [0.29, 0.717) is 18.2 Å². The second-order valence-corrected chi connectivity index (χ2v) is 4.39. The van der Waals surface area contributed by atoms with Gasteiger partial charge in [-0.1, -0.05) is 18.2 Å². The van der Waals surface area contributed by atoms with Crippen molar-refractivity contribution in [3.63, 3.8) is 0 Å². The first-order valence-electron chi connectivity index (χ1n) is 6.21. The zero-order chi connectivity index (χ0) is 13.8. The monoisotopic (exact) mass is 261 g/mol. The minimum atomic E-state index is -0.0473. The highest BCUT2D eigenvalue weighted by molar-refractivity contribution is 5.39. The van der Waals surface area contributed by atoms with Gasteiger partial charge in [0, 0.05) is 19.2 Å². The molecular weight excluding hydrogens is 242 g/mol. The van der Waals surface area contributed by atoms with Crippen LogP contribution in [0.5, 0.6) is 11.6 Å². The first-order chi connectivity index (χ1) is 9.17. The fraction of sp³-hybridized carbons (Fsp3) is 0.357. The van der Waals surface area contributed by atoms with E-state index in [4.69, 9.17) is 4.74 Å². The lowest BCUT2D eigenvalue weighted by atomic mass is 10.2. The summed E-state index contributed by atoms with van der Waals surface area (Å²) in [6.45, 7) is 2.60. The van der Waals surface area contributed by atoms with E-state index in [1.165, 1.54) is 0 Å². The molecule has 0 atom stereocenters. The van der Waals surface area contributed by atoms with E-state index in [9.17, 15) is 5.11 Å². The fourth-order valence-electron chi connectivity index (χ4n) is 2.03. The molecule has 0 aliphatic heterocycles. The van der Waals surface area contributed by atoms with Crippen molar-refractivity contribution in [3.05, 3.63) is 41.1 Å². The van der Waals surface area contributed by atoms with E-state index < -0.39 is 0 Å². The standard InChI is InChI=1S/C14H19N3O2/c1-10-12(8-15-2)14(17(3)16-10)19-13-7-5-4-6-11(13)9-18/h4-7,15,18H,8-9H2,1-3H3. The Morgan fingerprint density at radius 2 is 2.11 bits per heavy atom. The van der Waals surface area contributed by atoms with Gasteiger partial charge in [-0.2, -0.15) is 5.10 Å². The number of ether oxygens (including phenoxy) is 1. The van der Waals surface area contributed by atoms with E-state index in [-0.39, 0.29) is 6.61 Å². The molecule has 0 saturated heterocycles. The van der Waals surface area contributed by atoms with Crippen LogP contribution in [0.4, 0.5) is 0 Å². The van der Waals surface area contributed by atoms with Crippen molar-refractivity contribution < 1.29 is 9.84 Å². The lowest BCUT2D eigenvalue weighted by Gasteiger charge is -2.11. The second-order valence-electron chi connectivity index (χ2n) is 4.39. The summed E-state index contributed by atoms with van der Waals surface area (Å²) in [5.74, 6) is 1.36. The van der Waals surface area contributed by atoms with Crippen LogP contribution in [-0.2, 0) is 20.2 Å². The number of aliphatic hydroxyl groups is 1. The van der Waals surface area contributed by atoms with Crippen molar-refractivity contribution in [1.82, 2.24) is 15.1 Å². The van der Waals surface area contributed by atoms with E-state index in [2.05, 4.69) is 10.4 Å². The second kappa shape index (κ2) is 5.86. The third-order valence-corrected chi connectivity index (χ3v) is 2.99. The quantitative estimate of drug-likeness (QED) is 0.860. The van der Waals surface area contributed by atoms with Gasteiger partial charge < -0.3 is 15.2 Å². The topological polar surface area (TPSA) is 59.3 Å². The number of aromatic nitrogens is 2. The lowest BCUT2D eigenvalue weighted by Crippen LogP contribution is -2.07. The average molecular weight is 261 g/mol. The molecule has 1 aromatic heterocycles. The summed E-state index contributed by atoms with van der Waals surface area (Å²) < 4.78 is 7.65. The molecule has 0 amide bonds. The summed E-state index contributed by atoms with van der Waals surface area (Å²) in [5.41, 5.74) is 2.72. The van der Waals surface area contributed by atoms with Crippen LogP contribution in [-0.4, -0.2) is 21.9 Å². The van der Waals surface area contributed by atoms with Crippen LogP contribution < -0.4 is 10.1 Å². The molecule has 2 N–H and O–H groups in total. The van der Waals surface area contributed by atoms with Crippen molar-refractivity contribution >= 4 is 0 Å². The highest BCUT2D eigenvalue weighted by Gasteiger charge is 2.15. The molecule has 2 aromatic rings. The van der Waals surface area contributed by atoms with Gasteiger partial charge in [0.05, 0.1) is 17.9 Å². The first kappa shape index (κ1) is 13.6. The Labute approximate surface area is 112 Å². The smallest absolute Gasteiger partial charge is 0.222 e. The van der Waals surface area contributed by atoms with Gasteiger partial charge in [0.25, 0.3) is 0 Å². The number of nitrogens with one attached hydrogen (secondary N) is 1. The molecular formula is C14H19N3O2. The third-order valence-electron chi connectivity index (χ3n) is 2.99. The van der Waals surface area contributed by atoms with Crippen molar-refractivity contribution in [2.75, 3.05) is 7.05 Å². The maximum atomic E-state index is 9.33. The molecule has 19 heavy (non-hydrogen) atoms.